The number of aliphatic hydroxyl groups excluding tert-OH is 3. The topological polar surface area (TPSA) is 87.0 Å². The molecular weight excluding hydrogens is 464 g/mol. The van der Waals surface area contributed by atoms with Crippen molar-refractivity contribution >= 4 is 5.97 Å². The molecule has 2 fully saturated rings. The van der Waals surface area contributed by atoms with Crippen molar-refractivity contribution in [3.05, 3.63) is 22.8 Å². The molecule has 0 saturated heterocycles. The van der Waals surface area contributed by atoms with Crippen LogP contribution in [0.15, 0.2) is 22.8 Å². The second-order valence-corrected chi connectivity index (χ2v) is 14.1. The molecule has 4 rings (SSSR count). The highest BCUT2D eigenvalue weighted by Gasteiger charge is 2.64. The molecule has 0 amide bonds. The first-order chi connectivity index (χ1) is 17.2. The van der Waals surface area contributed by atoms with Gasteiger partial charge in [0.25, 0.3) is 0 Å². The van der Waals surface area contributed by atoms with E-state index < -0.39 is 6.10 Å². The Morgan fingerprint density at radius 3 is 2.41 bits per heavy atom. The lowest BCUT2D eigenvalue weighted by Gasteiger charge is -2.62. The molecule has 0 aliphatic heterocycles. The van der Waals surface area contributed by atoms with Gasteiger partial charge in [-0.25, -0.2) is 0 Å². The zero-order chi connectivity index (χ0) is 27.4. The van der Waals surface area contributed by atoms with Crippen LogP contribution in [0, 0.1) is 39.4 Å². The molecule has 4 aliphatic carbocycles. The average molecular weight is 517 g/mol. The molecule has 3 N–H and O–H groups in total. The van der Waals surface area contributed by atoms with Crippen LogP contribution in [0.5, 0.6) is 0 Å². The molecule has 0 aromatic rings. The average Bonchev–Trinajstić information content (AvgIpc) is 3.14. The van der Waals surface area contributed by atoms with Crippen molar-refractivity contribution < 1.29 is 24.9 Å². The van der Waals surface area contributed by atoms with Crippen molar-refractivity contribution in [3.8, 4) is 0 Å². The molecule has 0 radical (unpaired) electrons. The van der Waals surface area contributed by atoms with Gasteiger partial charge in [-0.15, -0.1) is 0 Å². The predicted molar refractivity (Wildman–Crippen MR) is 147 cm³/mol. The van der Waals surface area contributed by atoms with Crippen molar-refractivity contribution in [2.24, 2.45) is 39.4 Å². The van der Waals surface area contributed by atoms with Crippen LogP contribution in [0.1, 0.15) is 106 Å². The molecule has 5 nitrogen and oxygen atoms in total. The minimum atomic E-state index is -0.410. The van der Waals surface area contributed by atoms with Crippen LogP contribution < -0.4 is 0 Å². The Morgan fingerprint density at radius 1 is 1.05 bits per heavy atom. The van der Waals surface area contributed by atoms with Gasteiger partial charge in [-0.05, 0) is 98.7 Å². The number of fused-ring (bicyclic) bond motifs is 4. The highest BCUT2D eigenvalue weighted by molar-refractivity contribution is 5.66. The fourth-order valence-corrected chi connectivity index (χ4v) is 9.64. The predicted octanol–water partition coefficient (Wildman–Crippen LogP) is 5.97. The van der Waals surface area contributed by atoms with Crippen molar-refractivity contribution in [1.29, 1.82) is 0 Å². The maximum Gasteiger partial charge on any atom is 0.302 e. The molecule has 5 heteroatoms. The van der Waals surface area contributed by atoms with E-state index in [1.54, 1.807) is 11.1 Å². The SMILES string of the molecule is CC(=O)OC[C@]12CC[C@H](O)C(C)(C)[C@@H]1CCC1=C2CC[C@]2(C)[C@@H]([C@H](C)C(O)CC=C(C)CO)CC[C@@]12C. The van der Waals surface area contributed by atoms with Gasteiger partial charge < -0.3 is 20.1 Å². The Bertz CT molecular complexity index is 949. The second-order valence-electron chi connectivity index (χ2n) is 14.1. The molecule has 0 heterocycles. The summed E-state index contributed by atoms with van der Waals surface area (Å²) in [6, 6.07) is 0. The Hall–Kier alpha value is -1.17. The third kappa shape index (κ3) is 4.45. The van der Waals surface area contributed by atoms with E-state index in [0.717, 1.165) is 56.9 Å². The molecule has 37 heavy (non-hydrogen) atoms. The zero-order valence-electron chi connectivity index (χ0n) is 24.4. The molecule has 0 bridgehead atoms. The third-order valence-electron chi connectivity index (χ3n) is 12.3. The van der Waals surface area contributed by atoms with Gasteiger partial charge in [0.1, 0.15) is 6.61 Å². The highest BCUT2D eigenvalue weighted by Crippen LogP contribution is 2.72. The van der Waals surface area contributed by atoms with Crippen LogP contribution in [-0.4, -0.2) is 46.7 Å². The van der Waals surface area contributed by atoms with E-state index in [0.29, 0.717) is 24.9 Å². The lowest BCUT2D eigenvalue weighted by atomic mass is 9.43. The monoisotopic (exact) mass is 516 g/mol. The van der Waals surface area contributed by atoms with Crippen LogP contribution in [0.25, 0.3) is 0 Å². The summed E-state index contributed by atoms with van der Waals surface area (Å²) in [6.45, 7) is 15.5. The first-order valence-electron chi connectivity index (χ1n) is 14.7. The summed E-state index contributed by atoms with van der Waals surface area (Å²) in [7, 11) is 0. The van der Waals surface area contributed by atoms with Gasteiger partial charge in [-0.1, -0.05) is 57.4 Å². The van der Waals surface area contributed by atoms with E-state index in [1.165, 1.54) is 6.92 Å². The summed E-state index contributed by atoms with van der Waals surface area (Å²) >= 11 is 0. The van der Waals surface area contributed by atoms with Crippen LogP contribution in [-0.2, 0) is 9.53 Å². The number of carbonyl (C=O) groups is 1. The zero-order valence-corrected chi connectivity index (χ0v) is 24.4. The summed E-state index contributed by atoms with van der Waals surface area (Å²) in [5, 5.41) is 31.5. The molecule has 4 aliphatic rings. The molecular formula is C32H52O5. The number of esters is 1. The molecule has 0 aromatic heterocycles. The molecule has 210 valence electrons. The molecule has 1 unspecified atom stereocenters. The number of ether oxygens (including phenoxy) is 1. The Morgan fingerprint density at radius 2 is 1.76 bits per heavy atom. The minimum absolute atomic E-state index is 0.0428. The van der Waals surface area contributed by atoms with Gasteiger partial charge in [0.05, 0.1) is 18.8 Å². The van der Waals surface area contributed by atoms with Crippen molar-refractivity contribution in [2.75, 3.05) is 13.2 Å². The van der Waals surface area contributed by atoms with Crippen molar-refractivity contribution in [2.45, 2.75) is 118 Å². The number of aliphatic hydroxyl groups is 3. The van der Waals surface area contributed by atoms with E-state index in [1.807, 2.05) is 13.0 Å². The van der Waals surface area contributed by atoms with Gasteiger partial charge >= 0.3 is 5.97 Å². The van der Waals surface area contributed by atoms with E-state index in [2.05, 4.69) is 34.6 Å². The Balaban J connectivity index is 1.71. The summed E-state index contributed by atoms with van der Waals surface area (Å²) < 4.78 is 5.82. The first-order valence-corrected chi connectivity index (χ1v) is 14.7. The normalized spacial score (nSPS) is 40.9. The van der Waals surface area contributed by atoms with E-state index in [4.69, 9.17) is 4.74 Å². The van der Waals surface area contributed by atoms with Crippen LogP contribution >= 0.6 is 0 Å². The molecule has 8 atom stereocenters. The Kier molecular flexibility index (Phi) is 7.87. The highest BCUT2D eigenvalue weighted by atomic mass is 16.5. The van der Waals surface area contributed by atoms with E-state index in [9.17, 15) is 20.1 Å². The second kappa shape index (κ2) is 10.1. The third-order valence-corrected chi connectivity index (χ3v) is 12.3. The summed E-state index contributed by atoms with van der Waals surface area (Å²) in [5.41, 5.74) is 3.86. The quantitative estimate of drug-likeness (QED) is 0.287. The lowest BCUT2D eigenvalue weighted by Crippen LogP contribution is -2.57. The van der Waals surface area contributed by atoms with Crippen LogP contribution in [0.2, 0.25) is 0 Å². The van der Waals surface area contributed by atoms with Gasteiger partial charge in [-0.2, -0.15) is 0 Å². The first kappa shape index (κ1) is 28.8. The molecule has 0 spiro atoms. The number of carbonyl (C=O) groups excluding carboxylic acids is 1. The summed E-state index contributed by atoms with van der Waals surface area (Å²) in [5.74, 6) is 0.711. The standard InChI is InChI=1S/C32H52O5/c1-20(18-33)8-10-26(35)21(2)23-12-15-31(7)24-9-11-27-29(4,5)28(36)14-17-32(27,19-37-22(3)34)25(24)13-16-30(23,31)6/h8,21,23,26-28,33,35-36H,9-19H2,1-7H3/t21-,23+,26?,27-,28-,30+,31-,32-/m0/s1. The van der Waals surface area contributed by atoms with Gasteiger partial charge in [0.2, 0.25) is 0 Å². The van der Waals surface area contributed by atoms with Gasteiger partial charge in [0, 0.05) is 12.3 Å². The van der Waals surface area contributed by atoms with Crippen LogP contribution in [0.3, 0.4) is 0 Å². The maximum atomic E-state index is 12.0. The smallest absolute Gasteiger partial charge is 0.302 e. The van der Waals surface area contributed by atoms with Crippen molar-refractivity contribution in [1.82, 2.24) is 0 Å². The summed E-state index contributed by atoms with van der Waals surface area (Å²) in [6.07, 6.45) is 9.94. The number of hydrogen-bond donors (Lipinski definition) is 3. The fraction of sp³-hybridized carbons (Fsp3) is 0.844. The number of rotatable bonds is 7. The van der Waals surface area contributed by atoms with E-state index >= 15 is 0 Å². The van der Waals surface area contributed by atoms with Crippen LogP contribution in [0.4, 0.5) is 0 Å². The number of allylic oxidation sites excluding steroid dienone is 1. The number of hydrogen-bond acceptors (Lipinski definition) is 5. The molecule has 2 saturated carbocycles. The fourth-order valence-electron chi connectivity index (χ4n) is 9.64. The lowest BCUT2D eigenvalue weighted by molar-refractivity contribution is -0.156. The largest absolute Gasteiger partial charge is 0.465 e. The minimum Gasteiger partial charge on any atom is -0.465 e. The maximum absolute atomic E-state index is 12.0. The van der Waals surface area contributed by atoms with Gasteiger partial charge in [0.15, 0.2) is 0 Å². The molecule has 0 aromatic carbocycles. The van der Waals surface area contributed by atoms with E-state index in [-0.39, 0.29) is 46.3 Å². The van der Waals surface area contributed by atoms with Gasteiger partial charge in [-0.3, -0.25) is 4.79 Å². The van der Waals surface area contributed by atoms with Crippen molar-refractivity contribution in [3.63, 3.8) is 0 Å². The summed E-state index contributed by atoms with van der Waals surface area (Å²) in [4.78, 5) is 12.0. The Labute approximate surface area is 224 Å².